The topological polar surface area (TPSA) is 98.4 Å². The van der Waals surface area contributed by atoms with Gasteiger partial charge < -0.3 is 4.90 Å². The predicted octanol–water partition coefficient (Wildman–Crippen LogP) is 12.5. The normalized spacial score (nSPS) is 10.5. The summed E-state index contributed by atoms with van der Waals surface area (Å²) in [4.78, 5) is 2.28. The Kier molecular flexibility index (Phi) is 9.80. The number of nitriles is 4. The average Bonchev–Trinajstić information content (AvgIpc) is 3.22. The van der Waals surface area contributed by atoms with Gasteiger partial charge in [-0.3, -0.25) is 0 Å². The first-order chi connectivity index (χ1) is 26.7. The van der Waals surface area contributed by atoms with Gasteiger partial charge in [0.2, 0.25) is 0 Å². The highest BCUT2D eigenvalue weighted by atomic mass is 15.1. The quantitative estimate of drug-likeness (QED) is 0.164. The molecular formula is C50H35N5. The summed E-state index contributed by atoms with van der Waals surface area (Å²) in [5.41, 5.74) is 16.9. The molecule has 0 aliphatic rings. The van der Waals surface area contributed by atoms with E-state index in [0.717, 1.165) is 83.8 Å². The zero-order chi connectivity index (χ0) is 38.6. The Morgan fingerprint density at radius 3 is 1.02 bits per heavy atom. The first kappa shape index (κ1) is 35.7. The number of hydrogen-bond donors (Lipinski definition) is 0. The van der Waals surface area contributed by atoms with Gasteiger partial charge in [0, 0.05) is 17.1 Å². The lowest BCUT2D eigenvalue weighted by molar-refractivity contribution is 1.28. The summed E-state index contributed by atoms with van der Waals surface area (Å²) in [6, 6.07) is 55.7. The van der Waals surface area contributed by atoms with Gasteiger partial charge in [0.25, 0.3) is 0 Å². The van der Waals surface area contributed by atoms with Gasteiger partial charge in [-0.2, -0.15) is 21.0 Å². The summed E-state index contributed by atoms with van der Waals surface area (Å²) < 4.78 is 0. The Morgan fingerprint density at radius 1 is 0.327 bits per heavy atom. The van der Waals surface area contributed by atoms with Gasteiger partial charge >= 0.3 is 0 Å². The average molecular weight is 706 g/mol. The Bertz CT molecular complexity index is 2600. The van der Waals surface area contributed by atoms with Crippen molar-refractivity contribution in [1.82, 2.24) is 0 Å². The lowest BCUT2D eigenvalue weighted by Gasteiger charge is -2.27. The van der Waals surface area contributed by atoms with Gasteiger partial charge in [0.15, 0.2) is 0 Å². The molecule has 0 spiro atoms. The Morgan fingerprint density at radius 2 is 0.673 bits per heavy atom. The minimum atomic E-state index is 0.363. The van der Waals surface area contributed by atoms with Gasteiger partial charge in [-0.05, 0) is 161 Å². The Hall–Kier alpha value is -7.70. The standard InChI is InChI=1S/C50H35N5/c1-32-21-49(34(3)19-47(32)36-15-17-38(28-51)42(23-36)30-53)40-25-41(27-46(26-40)55(44-11-7-5-8-12-44)45-13-9-6-10-14-45)50-22-33(2)48(20-35(50)4)37-16-18-39(29-52)43(24-37)31-54/h5-27H,1-4H3. The third-order valence-electron chi connectivity index (χ3n) is 10.1. The molecule has 7 rings (SSSR count). The molecule has 0 heterocycles. The maximum atomic E-state index is 9.72. The number of benzene rings is 7. The van der Waals surface area contributed by atoms with Crippen LogP contribution in [0.5, 0.6) is 0 Å². The smallest absolute Gasteiger partial charge is 0.101 e. The van der Waals surface area contributed by atoms with Crippen molar-refractivity contribution < 1.29 is 0 Å². The number of anilines is 3. The van der Waals surface area contributed by atoms with Gasteiger partial charge in [-0.15, -0.1) is 0 Å². The van der Waals surface area contributed by atoms with Crippen LogP contribution in [0.15, 0.2) is 140 Å². The van der Waals surface area contributed by atoms with Crippen LogP contribution in [0.2, 0.25) is 0 Å². The summed E-state index contributed by atoms with van der Waals surface area (Å²) in [5, 5.41) is 38.4. The summed E-state index contributed by atoms with van der Waals surface area (Å²) >= 11 is 0. The molecule has 0 saturated heterocycles. The monoisotopic (exact) mass is 705 g/mol. The van der Waals surface area contributed by atoms with E-state index in [9.17, 15) is 21.0 Å². The molecule has 0 saturated carbocycles. The molecule has 0 atom stereocenters. The summed E-state index contributed by atoms with van der Waals surface area (Å²) in [7, 11) is 0. The number of rotatable bonds is 7. The second-order valence-corrected chi connectivity index (χ2v) is 13.7. The number of hydrogen-bond acceptors (Lipinski definition) is 5. The van der Waals surface area contributed by atoms with Crippen LogP contribution in [0.3, 0.4) is 0 Å². The number of nitrogens with zero attached hydrogens (tertiary/aromatic N) is 5. The van der Waals surface area contributed by atoms with Crippen molar-refractivity contribution in [3.63, 3.8) is 0 Å². The van der Waals surface area contributed by atoms with Crippen LogP contribution in [-0.2, 0) is 0 Å². The third-order valence-corrected chi connectivity index (χ3v) is 10.1. The van der Waals surface area contributed by atoms with Gasteiger partial charge in [0.1, 0.15) is 24.3 Å². The maximum Gasteiger partial charge on any atom is 0.101 e. The highest BCUT2D eigenvalue weighted by molar-refractivity contribution is 5.88. The fraction of sp³-hybridized carbons (Fsp3) is 0.0800. The highest BCUT2D eigenvalue weighted by Crippen LogP contribution is 2.42. The van der Waals surface area contributed by atoms with Crippen LogP contribution in [0, 0.1) is 73.0 Å². The van der Waals surface area contributed by atoms with Crippen molar-refractivity contribution >= 4 is 17.1 Å². The van der Waals surface area contributed by atoms with E-state index in [2.05, 4.69) is 148 Å². The summed E-state index contributed by atoms with van der Waals surface area (Å²) in [5.74, 6) is 0. The van der Waals surface area contributed by atoms with Gasteiger partial charge in [-0.25, -0.2) is 0 Å². The van der Waals surface area contributed by atoms with Crippen molar-refractivity contribution in [2.24, 2.45) is 0 Å². The van der Waals surface area contributed by atoms with Gasteiger partial charge in [-0.1, -0.05) is 72.8 Å². The van der Waals surface area contributed by atoms with E-state index in [0.29, 0.717) is 22.3 Å². The summed E-state index contributed by atoms with van der Waals surface area (Å²) in [6.07, 6.45) is 0. The number of aryl methyl sites for hydroxylation is 4. The molecule has 55 heavy (non-hydrogen) atoms. The van der Waals surface area contributed by atoms with Crippen LogP contribution in [0.25, 0.3) is 44.5 Å². The molecule has 0 N–H and O–H groups in total. The molecule has 0 aliphatic heterocycles. The number of para-hydroxylation sites is 2. The van der Waals surface area contributed by atoms with E-state index in [-0.39, 0.29) is 0 Å². The molecule has 7 aromatic rings. The highest BCUT2D eigenvalue weighted by Gasteiger charge is 2.19. The van der Waals surface area contributed by atoms with E-state index in [4.69, 9.17) is 0 Å². The van der Waals surface area contributed by atoms with Crippen LogP contribution in [0.1, 0.15) is 44.5 Å². The van der Waals surface area contributed by atoms with Crippen molar-refractivity contribution in [1.29, 1.82) is 21.0 Å². The molecule has 260 valence electrons. The molecule has 7 aromatic carbocycles. The lowest BCUT2D eigenvalue weighted by Crippen LogP contribution is -2.10. The Labute approximate surface area is 322 Å². The van der Waals surface area contributed by atoms with Crippen LogP contribution < -0.4 is 4.90 Å². The first-order valence-corrected chi connectivity index (χ1v) is 17.9. The zero-order valence-corrected chi connectivity index (χ0v) is 31.0. The van der Waals surface area contributed by atoms with Crippen molar-refractivity contribution in [3.8, 4) is 68.8 Å². The minimum Gasteiger partial charge on any atom is -0.310 e. The molecule has 5 heteroatoms. The molecule has 0 fully saturated rings. The van der Waals surface area contributed by atoms with E-state index in [1.807, 2.05) is 24.3 Å². The van der Waals surface area contributed by atoms with Crippen molar-refractivity contribution in [2.45, 2.75) is 27.7 Å². The van der Waals surface area contributed by atoms with E-state index in [1.165, 1.54) is 0 Å². The largest absolute Gasteiger partial charge is 0.310 e. The Balaban J connectivity index is 1.43. The first-order valence-electron chi connectivity index (χ1n) is 17.9. The third kappa shape index (κ3) is 6.95. The molecular weight excluding hydrogens is 671 g/mol. The molecule has 0 aliphatic carbocycles. The lowest BCUT2D eigenvalue weighted by atomic mass is 9.87. The van der Waals surface area contributed by atoms with E-state index >= 15 is 0 Å². The minimum absolute atomic E-state index is 0.363. The van der Waals surface area contributed by atoms with E-state index in [1.54, 1.807) is 24.3 Å². The zero-order valence-electron chi connectivity index (χ0n) is 31.0. The van der Waals surface area contributed by atoms with Crippen molar-refractivity contribution in [3.05, 3.63) is 184 Å². The summed E-state index contributed by atoms with van der Waals surface area (Å²) in [6.45, 7) is 8.40. The molecule has 0 radical (unpaired) electrons. The SMILES string of the molecule is Cc1cc(-c2ccc(C#N)c(C#N)c2)c(C)cc1-c1cc(-c2cc(C)c(-c3ccc(C#N)c(C#N)c3)cc2C)cc(N(c2ccccc2)c2ccccc2)c1. The van der Waals surface area contributed by atoms with Gasteiger partial charge in [0.05, 0.1) is 22.3 Å². The van der Waals surface area contributed by atoms with Crippen LogP contribution >= 0.6 is 0 Å². The molecule has 0 aromatic heterocycles. The second-order valence-electron chi connectivity index (χ2n) is 13.7. The molecule has 0 bridgehead atoms. The molecule has 0 unspecified atom stereocenters. The van der Waals surface area contributed by atoms with Crippen LogP contribution in [0.4, 0.5) is 17.1 Å². The second kappa shape index (κ2) is 15.1. The fourth-order valence-corrected chi connectivity index (χ4v) is 7.33. The van der Waals surface area contributed by atoms with Crippen LogP contribution in [-0.4, -0.2) is 0 Å². The van der Waals surface area contributed by atoms with E-state index < -0.39 is 0 Å². The fourth-order valence-electron chi connectivity index (χ4n) is 7.33. The molecule has 0 amide bonds. The molecule has 5 nitrogen and oxygen atoms in total. The predicted molar refractivity (Wildman–Crippen MR) is 221 cm³/mol. The maximum absolute atomic E-state index is 9.72. The van der Waals surface area contributed by atoms with Crippen molar-refractivity contribution in [2.75, 3.05) is 4.90 Å².